The van der Waals surface area contributed by atoms with E-state index in [1.807, 2.05) is 42.5 Å². The second kappa shape index (κ2) is 16.4. The summed E-state index contributed by atoms with van der Waals surface area (Å²) in [6.07, 6.45) is 11.3. The SMILES string of the molecule is O=C1N[C@]2(C(=O)NS(=O)(=O)C3CC3)C[C@H]2C=CCCCCC[C@H](CC(=O)N2CCCC(F)(F)C2)C(=O)N2C[C@H](Oc3cc(-c4ccccn4)nc4c5c(ccc34)CCC5)C[C@@H]12. The Kier molecular flexibility index (Phi) is 11.1. The molecule has 5 heterocycles. The zero-order valence-corrected chi connectivity index (χ0v) is 34.9. The van der Waals surface area contributed by atoms with Crippen LogP contribution in [0.1, 0.15) is 94.6 Å². The largest absolute Gasteiger partial charge is 0.488 e. The van der Waals surface area contributed by atoms with Crippen LogP contribution >= 0.6 is 0 Å². The molecule has 1 aromatic carbocycles. The Morgan fingerprint density at radius 1 is 1.00 bits per heavy atom. The average Bonchev–Trinajstić information content (AvgIpc) is 4.12. The van der Waals surface area contributed by atoms with Gasteiger partial charge in [0.05, 0.1) is 35.2 Å². The van der Waals surface area contributed by atoms with Crippen molar-refractivity contribution >= 4 is 44.6 Å². The number of sulfonamides is 1. The van der Waals surface area contributed by atoms with Crippen molar-refractivity contribution in [2.45, 2.75) is 125 Å². The first-order chi connectivity index (χ1) is 29.3. The van der Waals surface area contributed by atoms with E-state index in [9.17, 15) is 36.4 Å². The van der Waals surface area contributed by atoms with Gasteiger partial charge in [-0.1, -0.05) is 37.1 Å². The van der Waals surface area contributed by atoms with Crippen LogP contribution in [-0.4, -0.2) is 100 Å². The molecule has 0 bridgehead atoms. The molecular weight excluding hydrogens is 807 g/mol. The maximum absolute atomic E-state index is 14.9. The second-order valence-corrected chi connectivity index (χ2v) is 19.8. The minimum atomic E-state index is -3.93. The van der Waals surface area contributed by atoms with E-state index in [-0.39, 0.29) is 45.2 Å². The van der Waals surface area contributed by atoms with Crippen LogP contribution in [0.2, 0.25) is 0 Å². The van der Waals surface area contributed by atoms with Gasteiger partial charge in [0.2, 0.25) is 27.7 Å². The molecule has 0 spiro atoms. The molecule has 3 aromatic rings. The molecule has 2 N–H and O–H groups in total. The lowest BCUT2D eigenvalue weighted by Crippen LogP contribution is -2.57. The molecule has 0 unspecified atom stereocenters. The highest BCUT2D eigenvalue weighted by Crippen LogP contribution is 2.46. The number of nitrogens with one attached hydrogen (secondary N) is 2. The summed E-state index contributed by atoms with van der Waals surface area (Å²) in [6.45, 7) is -0.553. The second-order valence-electron chi connectivity index (χ2n) is 17.8. The fraction of sp³-hybridized carbons (Fsp3) is 0.556. The highest BCUT2D eigenvalue weighted by atomic mass is 32.2. The third kappa shape index (κ3) is 8.61. The molecule has 3 aliphatic heterocycles. The van der Waals surface area contributed by atoms with Crippen molar-refractivity contribution in [3.05, 3.63) is 65.9 Å². The number of likely N-dealkylation sites (tertiary alicyclic amines) is 1. The Labute approximate surface area is 354 Å². The van der Waals surface area contributed by atoms with Gasteiger partial charge in [0.1, 0.15) is 23.4 Å². The molecule has 0 radical (unpaired) electrons. The van der Waals surface area contributed by atoms with Crippen molar-refractivity contribution in [3.8, 4) is 17.1 Å². The number of benzene rings is 1. The fourth-order valence-corrected chi connectivity index (χ4v) is 11.1. The van der Waals surface area contributed by atoms with E-state index in [0.29, 0.717) is 49.2 Å². The van der Waals surface area contributed by atoms with Gasteiger partial charge in [0.25, 0.3) is 11.8 Å². The van der Waals surface area contributed by atoms with Gasteiger partial charge in [-0.05, 0) is 93.5 Å². The topological polar surface area (TPSA) is 168 Å². The zero-order valence-electron chi connectivity index (χ0n) is 34.1. The molecule has 324 valence electrons. The van der Waals surface area contributed by atoms with E-state index < -0.39 is 80.9 Å². The minimum Gasteiger partial charge on any atom is -0.488 e. The van der Waals surface area contributed by atoms with Crippen LogP contribution in [0.3, 0.4) is 0 Å². The summed E-state index contributed by atoms with van der Waals surface area (Å²) in [5.74, 6) is -6.31. The maximum atomic E-state index is 14.9. The van der Waals surface area contributed by atoms with Crippen LogP contribution in [0.15, 0.2) is 54.7 Å². The number of alkyl halides is 2. The van der Waals surface area contributed by atoms with Crippen molar-refractivity contribution in [3.63, 3.8) is 0 Å². The number of aromatic nitrogens is 2. The van der Waals surface area contributed by atoms with Crippen LogP contribution in [0.4, 0.5) is 8.78 Å². The number of carbonyl (C=O) groups excluding carboxylic acids is 4. The normalized spacial score (nSPS) is 27.9. The summed E-state index contributed by atoms with van der Waals surface area (Å²) in [4.78, 5) is 69.3. The summed E-state index contributed by atoms with van der Waals surface area (Å²) in [5, 5.41) is 3.03. The molecule has 4 amide bonds. The zero-order chi connectivity index (χ0) is 42.5. The summed E-state index contributed by atoms with van der Waals surface area (Å²) in [7, 11) is -3.93. The molecule has 9 rings (SSSR count). The molecule has 13 nitrogen and oxygen atoms in total. The highest BCUT2D eigenvalue weighted by Gasteiger charge is 2.62. The first-order valence-corrected chi connectivity index (χ1v) is 23.4. The van der Waals surface area contributed by atoms with E-state index in [0.717, 1.165) is 53.5 Å². The molecule has 4 fully saturated rings. The number of ether oxygens (including phenoxy) is 1. The van der Waals surface area contributed by atoms with Gasteiger partial charge in [-0.25, -0.2) is 22.2 Å². The van der Waals surface area contributed by atoms with Crippen LogP contribution < -0.4 is 14.8 Å². The third-order valence-electron chi connectivity index (χ3n) is 13.4. The minimum absolute atomic E-state index is 0.0306. The van der Waals surface area contributed by atoms with Crippen LogP contribution in [0, 0.1) is 11.8 Å². The third-order valence-corrected chi connectivity index (χ3v) is 15.2. The first kappa shape index (κ1) is 41.4. The Morgan fingerprint density at radius 2 is 1.85 bits per heavy atom. The van der Waals surface area contributed by atoms with Crippen molar-refractivity contribution in [1.82, 2.24) is 29.8 Å². The van der Waals surface area contributed by atoms with E-state index in [1.165, 1.54) is 10.5 Å². The summed E-state index contributed by atoms with van der Waals surface area (Å²) in [5.41, 5.74) is 2.89. The number of carbonyl (C=O) groups is 4. The van der Waals surface area contributed by atoms with Crippen molar-refractivity contribution in [2.24, 2.45) is 11.8 Å². The number of piperidine rings is 1. The number of fused-ring (bicyclic) bond motifs is 5. The molecule has 3 aliphatic carbocycles. The van der Waals surface area contributed by atoms with E-state index in [2.05, 4.69) is 21.1 Å². The smallest absolute Gasteiger partial charge is 0.265 e. The monoisotopic (exact) mass is 858 g/mol. The van der Waals surface area contributed by atoms with Gasteiger partial charge in [-0.15, -0.1) is 0 Å². The highest BCUT2D eigenvalue weighted by molar-refractivity contribution is 7.91. The summed E-state index contributed by atoms with van der Waals surface area (Å²) in [6, 6.07) is 10.3. The predicted molar refractivity (Wildman–Crippen MR) is 222 cm³/mol. The molecule has 61 heavy (non-hydrogen) atoms. The standard InChI is InChI=1S/C45H52F2N6O7S/c46-44(47)19-9-21-52(27-44)39(54)22-29-10-4-2-1-3-5-12-30-25-45(30,43(57)51-61(58,59)32-16-17-32)50-41(55)37-23-31(26-53(37)42(29)56)60-38-24-36(35-14-6-7-20-48-35)49-40-33-13-8-11-28(33)15-18-34(38)40/h5-7,12,14-15,18,20,24,29-32,37H,1-4,8-11,13,16-17,19,21-23,25-27H2,(H,50,55)(H,51,57)/t29-,30-,31-,37+,45-/m1/s1. The first-order valence-electron chi connectivity index (χ1n) is 21.8. The molecule has 6 aliphatic rings. The van der Waals surface area contributed by atoms with Crippen molar-refractivity contribution in [1.29, 1.82) is 0 Å². The van der Waals surface area contributed by atoms with Crippen LogP contribution in [0.25, 0.3) is 22.3 Å². The molecule has 5 atom stereocenters. The van der Waals surface area contributed by atoms with E-state index in [1.54, 1.807) is 6.20 Å². The van der Waals surface area contributed by atoms with Gasteiger partial charge in [-0.3, -0.25) is 28.9 Å². The van der Waals surface area contributed by atoms with Crippen molar-refractivity contribution in [2.75, 3.05) is 19.6 Å². The Morgan fingerprint density at radius 3 is 2.64 bits per heavy atom. The van der Waals surface area contributed by atoms with Gasteiger partial charge in [0.15, 0.2) is 0 Å². The number of aryl methyl sites for hydroxylation is 2. The van der Waals surface area contributed by atoms with Gasteiger partial charge in [0, 0.05) is 55.3 Å². The van der Waals surface area contributed by atoms with E-state index >= 15 is 0 Å². The van der Waals surface area contributed by atoms with Gasteiger partial charge >= 0.3 is 0 Å². The number of pyridine rings is 2. The molecular formula is C45H52F2N6O7S. The number of nitrogens with zero attached hydrogens (tertiary/aromatic N) is 4. The fourth-order valence-electron chi connectivity index (χ4n) is 9.75. The van der Waals surface area contributed by atoms with E-state index in [4.69, 9.17) is 9.72 Å². The van der Waals surface area contributed by atoms with Crippen LogP contribution in [0.5, 0.6) is 5.75 Å². The summed E-state index contributed by atoms with van der Waals surface area (Å²) >= 11 is 0. The lowest BCUT2D eigenvalue weighted by Gasteiger charge is -2.34. The number of hydrogen-bond acceptors (Lipinski definition) is 9. The average molecular weight is 859 g/mol. The number of amides is 4. The van der Waals surface area contributed by atoms with Crippen LogP contribution in [-0.2, 0) is 42.0 Å². The quantitative estimate of drug-likeness (QED) is 0.282. The molecule has 16 heteroatoms. The number of rotatable bonds is 8. The number of allylic oxidation sites excluding steroid dienone is 1. The summed E-state index contributed by atoms with van der Waals surface area (Å²) < 4.78 is 63.9. The van der Waals surface area contributed by atoms with Crippen molar-refractivity contribution < 1.29 is 41.1 Å². The molecule has 2 saturated carbocycles. The predicted octanol–water partition coefficient (Wildman–Crippen LogP) is 5.40. The lowest BCUT2D eigenvalue weighted by atomic mass is 9.94. The number of hydrogen-bond donors (Lipinski definition) is 2. The Bertz CT molecular complexity index is 2380. The maximum Gasteiger partial charge on any atom is 0.265 e. The van der Waals surface area contributed by atoms with Gasteiger partial charge < -0.3 is 19.9 Å². The van der Waals surface area contributed by atoms with Gasteiger partial charge in [-0.2, -0.15) is 0 Å². The Hall–Kier alpha value is -4.99. The Balaban J connectivity index is 1.05. The lowest BCUT2D eigenvalue weighted by molar-refractivity contribution is -0.148. The molecule has 2 aromatic heterocycles. The molecule has 2 saturated heterocycles. The number of halogens is 2.